The van der Waals surface area contributed by atoms with Crippen LogP contribution in [0.1, 0.15) is 0 Å². The number of hydrogen-bond donors (Lipinski definition) is 0. The van der Waals surface area contributed by atoms with Crippen molar-refractivity contribution in [3.05, 3.63) is 170 Å². The van der Waals surface area contributed by atoms with Gasteiger partial charge in [0.25, 0.3) is 0 Å². The van der Waals surface area contributed by atoms with Crippen molar-refractivity contribution in [1.82, 2.24) is 4.98 Å². The molecule has 1 heterocycles. The van der Waals surface area contributed by atoms with Gasteiger partial charge in [0.2, 0.25) is 0 Å². The minimum atomic E-state index is -0.709. The van der Waals surface area contributed by atoms with Crippen molar-refractivity contribution in [2.75, 3.05) is 0 Å². The summed E-state index contributed by atoms with van der Waals surface area (Å²) < 4.78 is 0. The largest absolute Gasteiger partial charge is 0.247 e. The number of hydrogen-bond acceptors (Lipinski definition) is 1. The lowest BCUT2D eigenvalue weighted by atomic mass is 9.90. The summed E-state index contributed by atoms with van der Waals surface area (Å²) in [7, 11) is -0.709. The standard InChI is InChI=1S/C41H28NP/c1-4-15-29(16-5-1)41-38-28-37(34-23-10-11-24-35(34)40(38)36-25-12-13-26-39(36)42-41)30-17-14-22-33(27-30)43(31-18-6-2-7-19-31)32-20-8-3-9-21-32/h1-28H. The van der Waals surface area contributed by atoms with Crippen molar-refractivity contribution in [3.63, 3.8) is 0 Å². The molecule has 43 heavy (non-hydrogen) atoms. The summed E-state index contributed by atoms with van der Waals surface area (Å²) in [4.78, 5) is 5.24. The Kier molecular flexibility index (Phi) is 6.52. The highest BCUT2D eigenvalue weighted by Crippen LogP contribution is 2.42. The number of fused-ring (bicyclic) bond motifs is 5. The number of pyridine rings is 1. The SMILES string of the molecule is c1ccc(-c2nc3ccccc3c3c2cc(-c2cccc(P(c4ccccc4)c4ccccc4)c2)c2ccccc23)cc1. The molecule has 0 N–H and O–H groups in total. The Morgan fingerprint density at radius 3 is 1.60 bits per heavy atom. The van der Waals surface area contributed by atoms with Crippen LogP contribution >= 0.6 is 7.92 Å². The fourth-order valence-electron chi connectivity index (χ4n) is 6.28. The first-order chi connectivity index (χ1) is 21.3. The van der Waals surface area contributed by atoms with Gasteiger partial charge >= 0.3 is 0 Å². The second-order valence-electron chi connectivity index (χ2n) is 10.8. The monoisotopic (exact) mass is 565 g/mol. The van der Waals surface area contributed by atoms with Gasteiger partial charge in [0.1, 0.15) is 0 Å². The molecule has 0 saturated heterocycles. The Morgan fingerprint density at radius 1 is 0.372 bits per heavy atom. The summed E-state index contributed by atoms with van der Waals surface area (Å²) in [5, 5.41) is 10.2. The number of para-hydroxylation sites is 1. The molecule has 0 radical (unpaired) electrons. The first-order valence-corrected chi connectivity index (χ1v) is 16.0. The lowest BCUT2D eigenvalue weighted by Gasteiger charge is -2.21. The van der Waals surface area contributed by atoms with E-state index in [0.29, 0.717) is 0 Å². The number of rotatable bonds is 5. The van der Waals surface area contributed by atoms with Gasteiger partial charge in [0.05, 0.1) is 11.2 Å². The van der Waals surface area contributed by atoms with Gasteiger partial charge in [0, 0.05) is 21.7 Å². The van der Waals surface area contributed by atoms with Gasteiger partial charge in [-0.25, -0.2) is 4.98 Å². The fraction of sp³-hybridized carbons (Fsp3) is 0. The summed E-state index contributed by atoms with van der Waals surface area (Å²) in [6.45, 7) is 0. The highest BCUT2D eigenvalue weighted by Gasteiger charge is 2.19. The molecule has 0 atom stereocenters. The second-order valence-corrected chi connectivity index (χ2v) is 13.0. The summed E-state index contributed by atoms with van der Waals surface area (Å²) in [5.74, 6) is 0. The third-order valence-electron chi connectivity index (χ3n) is 8.20. The Hall–Kier alpha value is -5.10. The normalized spacial score (nSPS) is 11.5. The summed E-state index contributed by atoms with van der Waals surface area (Å²) in [5.41, 5.74) is 5.63. The van der Waals surface area contributed by atoms with E-state index in [0.717, 1.165) is 16.8 Å². The lowest BCUT2D eigenvalue weighted by molar-refractivity contribution is 1.43. The molecule has 0 aliphatic heterocycles. The van der Waals surface area contributed by atoms with Crippen molar-refractivity contribution in [2.45, 2.75) is 0 Å². The van der Waals surface area contributed by atoms with Crippen LogP contribution in [0.3, 0.4) is 0 Å². The first-order valence-electron chi connectivity index (χ1n) is 14.7. The van der Waals surface area contributed by atoms with Crippen molar-refractivity contribution < 1.29 is 0 Å². The third-order valence-corrected chi connectivity index (χ3v) is 10.6. The van der Waals surface area contributed by atoms with Gasteiger partial charge in [-0.2, -0.15) is 0 Å². The van der Waals surface area contributed by atoms with E-state index in [1.54, 1.807) is 0 Å². The quantitative estimate of drug-likeness (QED) is 0.150. The maximum atomic E-state index is 5.24. The molecule has 202 valence electrons. The first kappa shape index (κ1) is 25.6. The van der Waals surface area contributed by atoms with E-state index in [1.807, 2.05) is 0 Å². The van der Waals surface area contributed by atoms with Crippen LogP contribution in [-0.2, 0) is 0 Å². The minimum absolute atomic E-state index is 0.709. The zero-order valence-corrected chi connectivity index (χ0v) is 24.5. The molecule has 0 fully saturated rings. The number of nitrogens with zero attached hydrogens (tertiary/aromatic N) is 1. The maximum Gasteiger partial charge on any atom is 0.0788 e. The zero-order valence-electron chi connectivity index (χ0n) is 23.6. The molecule has 0 saturated carbocycles. The maximum absolute atomic E-state index is 5.24. The average molecular weight is 566 g/mol. The predicted molar refractivity (Wildman–Crippen MR) is 186 cm³/mol. The van der Waals surface area contributed by atoms with Crippen LogP contribution in [-0.4, -0.2) is 4.98 Å². The summed E-state index contributed by atoms with van der Waals surface area (Å²) in [6, 6.07) is 61.4. The van der Waals surface area contributed by atoms with Crippen LogP contribution < -0.4 is 15.9 Å². The molecule has 8 rings (SSSR count). The van der Waals surface area contributed by atoms with E-state index < -0.39 is 7.92 Å². The second kappa shape index (κ2) is 11.0. The number of aromatic nitrogens is 1. The van der Waals surface area contributed by atoms with Crippen LogP contribution in [0.5, 0.6) is 0 Å². The lowest BCUT2D eigenvalue weighted by Crippen LogP contribution is -2.20. The highest BCUT2D eigenvalue weighted by atomic mass is 31.1. The molecule has 0 amide bonds. The molecule has 0 bridgehead atoms. The number of benzene rings is 7. The van der Waals surface area contributed by atoms with E-state index in [9.17, 15) is 0 Å². The van der Waals surface area contributed by atoms with E-state index in [1.165, 1.54) is 54.0 Å². The molecule has 0 spiro atoms. The van der Waals surface area contributed by atoms with Gasteiger partial charge in [0.15, 0.2) is 0 Å². The Bertz CT molecular complexity index is 2190. The molecule has 7 aromatic carbocycles. The van der Waals surface area contributed by atoms with Crippen LogP contribution in [0, 0.1) is 0 Å². The Morgan fingerprint density at radius 2 is 0.907 bits per heavy atom. The molecule has 2 heteroatoms. The van der Waals surface area contributed by atoms with E-state index in [4.69, 9.17) is 4.98 Å². The zero-order chi connectivity index (χ0) is 28.6. The summed E-state index contributed by atoms with van der Waals surface area (Å²) >= 11 is 0. The molecule has 1 nitrogen and oxygen atoms in total. The van der Waals surface area contributed by atoms with Crippen molar-refractivity contribution in [2.24, 2.45) is 0 Å². The van der Waals surface area contributed by atoms with Gasteiger partial charge in [-0.3, -0.25) is 0 Å². The summed E-state index contributed by atoms with van der Waals surface area (Å²) in [6.07, 6.45) is 0. The van der Waals surface area contributed by atoms with E-state index >= 15 is 0 Å². The highest BCUT2D eigenvalue weighted by molar-refractivity contribution is 7.79. The van der Waals surface area contributed by atoms with Gasteiger partial charge in [-0.05, 0) is 63.9 Å². The Balaban J connectivity index is 1.42. The van der Waals surface area contributed by atoms with Gasteiger partial charge in [-0.15, -0.1) is 0 Å². The van der Waals surface area contributed by atoms with Crippen LogP contribution in [0.4, 0.5) is 0 Å². The van der Waals surface area contributed by atoms with E-state index in [2.05, 4.69) is 170 Å². The van der Waals surface area contributed by atoms with Crippen molar-refractivity contribution in [1.29, 1.82) is 0 Å². The molecular formula is C41H28NP. The molecule has 8 aromatic rings. The van der Waals surface area contributed by atoms with Crippen LogP contribution in [0.15, 0.2) is 170 Å². The van der Waals surface area contributed by atoms with Crippen molar-refractivity contribution >= 4 is 56.3 Å². The average Bonchev–Trinajstić information content (AvgIpc) is 3.09. The Labute approximate surface area is 252 Å². The van der Waals surface area contributed by atoms with Crippen molar-refractivity contribution in [3.8, 4) is 22.4 Å². The fourth-order valence-corrected chi connectivity index (χ4v) is 8.62. The molecular weight excluding hydrogens is 537 g/mol. The van der Waals surface area contributed by atoms with Crippen LogP contribution in [0.25, 0.3) is 54.8 Å². The minimum Gasteiger partial charge on any atom is -0.247 e. The van der Waals surface area contributed by atoms with Crippen LogP contribution in [0.2, 0.25) is 0 Å². The molecule has 0 unspecified atom stereocenters. The molecule has 0 aliphatic rings. The predicted octanol–water partition coefficient (Wildman–Crippen LogP) is 9.63. The van der Waals surface area contributed by atoms with Gasteiger partial charge < -0.3 is 0 Å². The topological polar surface area (TPSA) is 12.9 Å². The van der Waals surface area contributed by atoms with Gasteiger partial charge in [-0.1, -0.05) is 152 Å². The van der Waals surface area contributed by atoms with E-state index in [-0.39, 0.29) is 0 Å². The smallest absolute Gasteiger partial charge is 0.0788 e. The third kappa shape index (κ3) is 4.59. The molecule has 1 aromatic heterocycles. The molecule has 0 aliphatic carbocycles.